The minimum atomic E-state index is -4.01. The van der Waals surface area contributed by atoms with E-state index < -0.39 is 124 Å². The number of esters is 1. The zero-order valence-corrected chi connectivity index (χ0v) is 16.5. The van der Waals surface area contributed by atoms with Crippen LogP contribution >= 0.6 is 0 Å². The number of carbonyl (C=O) groups excluding carboxylic acids is 1. The van der Waals surface area contributed by atoms with Gasteiger partial charge in [0.15, 0.2) is 11.5 Å². The first-order valence-corrected chi connectivity index (χ1v) is 9.23. The third-order valence-electron chi connectivity index (χ3n) is 4.94. The Morgan fingerprint density at radius 2 is 2.13 bits per heavy atom. The van der Waals surface area contributed by atoms with E-state index in [1.807, 2.05) is 0 Å². The van der Waals surface area contributed by atoms with Crippen molar-refractivity contribution in [3.8, 4) is 11.5 Å². The van der Waals surface area contributed by atoms with Crippen LogP contribution in [0.4, 0.5) is 0 Å². The maximum absolute atomic E-state index is 13.6. The third-order valence-corrected chi connectivity index (χ3v) is 4.94. The number of hydrogen-bond donors (Lipinski definition) is 1. The number of nitrogens with zero attached hydrogens (tertiary/aromatic N) is 1. The van der Waals surface area contributed by atoms with Crippen LogP contribution in [0.15, 0.2) is 12.1 Å². The van der Waals surface area contributed by atoms with Gasteiger partial charge in [-0.3, -0.25) is 9.69 Å². The Balaban J connectivity index is 2.37. The van der Waals surface area contributed by atoms with Crippen LogP contribution in [0, 0.1) is 17.7 Å². The summed E-state index contributed by atoms with van der Waals surface area (Å²) in [5.41, 5.74) is 4.06. The molecule has 1 saturated heterocycles. The number of carbonyl (C=O) groups is 1. The van der Waals surface area contributed by atoms with E-state index in [4.69, 9.17) is 47.4 Å². The Bertz CT molecular complexity index is 1500. The molecule has 6 heteroatoms. The minimum absolute atomic E-state index is 0.0811. The molecule has 6 nitrogen and oxygen atoms in total. The molecule has 0 aliphatic carbocycles. The molecule has 2 aliphatic heterocycles. The Labute approximate surface area is 210 Å². The molecule has 2 aliphatic rings. The van der Waals surface area contributed by atoms with Gasteiger partial charge in [0.1, 0.15) is 12.1 Å². The van der Waals surface area contributed by atoms with Crippen LogP contribution in [0.1, 0.15) is 86.3 Å². The van der Waals surface area contributed by atoms with Gasteiger partial charge >= 0.3 is 5.97 Å². The second-order valence-corrected chi connectivity index (χ2v) is 7.48. The molecule has 0 amide bonds. The maximum atomic E-state index is 13.6. The molecule has 30 heavy (non-hydrogen) atoms. The lowest BCUT2D eigenvalue weighted by molar-refractivity contribution is -0.160. The molecule has 1 aromatic carbocycles. The molecule has 4 atom stereocenters. The van der Waals surface area contributed by atoms with Crippen molar-refractivity contribution in [2.45, 2.75) is 64.9 Å². The molecule has 0 saturated carbocycles. The number of benzene rings is 1. The molecule has 0 bridgehead atoms. The van der Waals surface area contributed by atoms with Crippen LogP contribution in [0.2, 0.25) is 0 Å². The van der Waals surface area contributed by atoms with Gasteiger partial charge in [-0.2, -0.15) is 0 Å². The summed E-state index contributed by atoms with van der Waals surface area (Å²) in [5.74, 6) is -10.2. The average molecular weight is 440 g/mol. The van der Waals surface area contributed by atoms with Gasteiger partial charge < -0.3 is 19.9 Å². The molecule has 2 heterocycles. The molecule has 0 spiro atoms. The van der Waals surface area contributed by atoms with Gasteiger partial charge in [0.25, 0.3) is 0 Å². The maximum Gasteiger partial charge on any atom is 0.323 e. The lowest BCUT2D eigenvalue weighted by Gasteiger charge is -2.47. The number of nitrogens with two attached hydrogens (primary N) is 1. The summed E-state index contributed by atoms with van der Waals surface area (Å²) in [4.78, 5) is 14.5. The molecule has 1 fully saturated rings. The average Bonchev–Trinajstić information content (AvgIpc) is 2.89. The van der Waals surface area contributed by atoms with Gasteiger partial charge in [-0.05, 0) is 47.8 Å². The lowest BCUT2D eigenvalue weighted by atomic mass is 9.79. The second kappa shape index (κ2) is 9.56. The van der Waals surface area contributed by atoms with E-state index in [2.05, 4.69) is 0 Å². The summed E-state index contributed by atoms with van der Waals surface area (Å²) in [6.45, 7) is -8.26. The number of methoxy groups -OCH3 is 2. The van der Waals surface area contributed by atoms with E-state index in [0.717, 1.165) is 4.90 Å². The smallest absolute Gasteiger partial charge is 0.323 e. The zero-order chi connectivity index (χ0) is 40.1. The first kappa shape index (κ1) is 7.96. The Morgan fingerprint density at radius 3 is 2.80 bits per heavy atom. The highest BCUT2D eigenvalue weighted by Gasteiger charge is 2.41. The van der Waals surface area contributed by atoms with Crippen molar-refractivity contribution in [1.29, 1.82) is 0 Å². The van der Waals surface area contributed by atoms with Gasteiger partial charge in [-0.1, -0.05) is 27.6 Å². The monoisotopic (exact) mass is 439 g/mol. The van der Waals surface area contributed by atoms with Crippen molar-refractivity contribution >= 4 is 5.97 Å². The number of piperidine rings is 1. The van der Waals surface area contributed by atoms with Gasteiger partial charge in [0.2, 0.25) is 0 Å². The third kappa shape index (κ3) is 4.75. The van der Waals surface area contributed by atoms with Crippen molar-refractivity contribution < 1.29 is 47.8 Å². The van der Waals surface area contributed by atoms with Crippen LogP contribution < -0.4 is 15.2 Å². The van der Waals surface area contributed by atoms with E-state index >= 15 is 0 Å². The van der Waals surface area contributed by atoms with Crippen molar-refractivity contribution in [2.75, 3.05) is 27.1 Å². The fourth-order valence-corrected chi connectivity index (χ4v) is 3.59. The van der Waals surface area contributed by atoms with E-state index in [9.17, 15) is 6.17 Å². The quantitative estimate of drug-likeness (QED) is 0.655. The van der Waals surface area contributed by atoms with Gasteiger partial charge in [0.05, 0.1) is 27.8 Å². The summed E-state index contributed by atoms with van der Waals surface area (Å²) in [6.07, 6.45) is -7.01. The van der Waals surface area contributed by atoms with Crippen molar-refractivity contribution in [2.24, 2.45) is 23.5 Å². The Hall–Kier alpha value is -1.79. The molecule has 3 unspecified atom stereocenters. The van der Waals surface area contributed by atoms with E-state index in [0.29, 0.717) is 0 Å². The van der Waals surface area contributed by atoms with Crippen LogP contribution in [0.3, 0.4) is 0 Å². The highest BCUT2D eigenvalue weighted by molar-refractivity contribution is 5.76. The van der Waals surface area contributed by atoms with Crippen LogP contribution in [-0.4, -0.2) is 50.1 Å². The fraction of sp³-hybridized carbons (Fsp3) is 0.708. The number of ether oxygens (including phenoxy) is 3. The normalized spacial score (nSPS) is 44.1. The van der Waals surface area contributed by atoms with Gasteiger partial charge in [0, 0.05) is 46.5 Å². The Morgan fingerprint density at radius 1 is 1.40 bits per heavy atom. The SMILES string of the molecule is [2H]c1c(OC([2H])([2H])[2H])c(OC([2H])([2H])[2H])c([2H])c2c1C1CC([2H])(OC(=O)[C@@]([2H])(N)C([2H])(C([2H])([2H])[2H])C([2H])([2H])[2H])C(CC(C)C)CN1C([2H])([2H])C2([2H])[2H]. The standard InChI is InChI=1S/C24H38N2O4/c1-14(2)9-17-13-26-8-7-16-10-21(28-5)22(29-6)11-18(16)19(26)12-20(17)30-24(27)23(25)15(3)4/h10-11,14-15,17,19-20,23H,7-9,12-13,25H2,1-6H3/t17?,19?,20?,23-/m0/s1/i3D3,4D3,5D3,6D3,7D2,8D2,10D,11D,15D,20D,23D. The molecule has 1 aromatic rings. The molecular weight excluding hydrogens is 380 g/mol. The van der Waals surface area contributed by atoms with Crippen molar-refractivity contribution in [1.82, 2.24) is 4.90 Å². The predicted octanol–water partition coefficient (Wildman–Crippen LogP) is 3.56. The molecular formula is C24H38N2O4. The largest absolute Gasteiger partial charge is 0.493 e. The first-order valence-electron chi connectivity index (χ1n) is 19.7. The van der Waals surface area contributed by atoms with E-state index in [1.54, 1.807) is 13.8 Å². The highest BCUT2D eigenvalue weighted by atomic mass is 16.5. The van der Waals surface area contributed by atoms with Crippen LogP contribution in [0.5, 0.6) is 11.5 Å². The lowest BCUT2D eigenvalue weighted by Crippen LogP contribution is -2.51. The molecule has 0 radical (unpaired) electrons. The number of hydrogen-bond acceptors (Lipinski definition) is 6. The zero-order valence-electron chi connectivity index (χ0n) is 37.5. The first-order chi connectivity index (χ1) is 22.4. The summed E-state index contributed by atoms with van der Waals surface area (Å²) in [5, 5.41) is 0. The van der Waals surface area contributed by atoms with Crippen LogP contribution in [0.25, 0.3) is 0 Å². The van der Waals surface area contributed by atoms with E-state index in [1.165, 1.54) is 0 Å². The van der Waals surface area contributed by atoms with Gasteiger partial charge in [-0.25, -0.2) is 0 Å². The van der Waals surface area contributed by atoms with E-state index in [-0.39, 0.29) is 12.3 Å². The summed E-state index contributed by atoms with van der Waals surface area (Å²) in [6, 6.07) is -7.94. The summed E-state index contributed by atoms with van der Waals surface area (Å²) >= 11 is 0. The number of fused-ring (bicyclic) bond motifs is 3. The highest BCUT2D eigenvalue weighted by Crippen LogP contribution is 2.44. The predicted molar refractivity (Wildman–Crippen MR) is 118 cm³/mol. The summed E-state index contributed by atoms with van der Waals surface area (Å²) < 4.78 is 186. The fourth-order valence-electron chi connectivity index (χ4n) is 3.59. The molecule has 0 aromatic heterocycles. The van der Waals surface area contributed by atoms with Crippen molar-refractivity contribution in [3.05, 3.63) is 23.2 Å². The molecule has 168 valence electrons. The summed E-state index contributed by atoms with van der Waals surface area (Å²) in [7, 11) is -6.81. The Kier molecular flexibility index (Phi) is 2.54. The number of rotatable bonds is 7. The molecule has 2 N–H and O–H groups in total. The van der Waals surface area contributed by atoms with Crippen LogP contribution in [-0.2, 0) is 15.9 Å². The minimum Gasteiger partial charge on any atom is -0.493 e. The van der Waals surface area contributed by atoms with Crippen molar-refractivity contribution in [3.63, 3.8) is 0 Å². The second-order valence-electron chi connectivity index (χ2n) is 7.48. The topological polar surface area (TPSA) is 74.0 Å². The molecule has 3 rings (SSSR count). The van der Waals surface area contributed by atoms with Gasteiger partial charge in [-0.15, -0.1) is 0 Å².